The largest absolute Gasteiger partial charge is 0.490 e. The van der Waals surface area contributed by atoms with Crippen LogP contribution in [0.3, 0.4) is 0 Å². The van der Waals surface area contributed by atoms with Gasteiger partial charge in [-0.1, -0.05) is 12.1 Å². The maximum atomic E-state index is 12.0. The summed E-state index contributed by atoms with van der Waals surface area (Å²) in [6.07, 6.45) is 0.861. The standard InChI is InChI=1S/C21H33N5O4.HI/c1-25(2)19(27)16-24-21(22-7-8-26-9-13-28-14-10-26)23-15-17-5-3-6-18-20(17)30-12-4-11-29-18;/h3,5-6H,4,7-16H2,1-2H3,(H2,22,23,24);1H. The first-order valence-electron chi connectivity index (χ1n) is 10.5. The molecule has 0 aromatic heterocycles. The summed E-state index contributed by atoms with van der Waals surface area (Å²) in [5.41, 5.74) is 0.961. The molecular formula is C21H34IN5O4. The molecule has 174 valence electrons. The van der Waals surface area contributed by atoms with Crippen LogP contribution in [0.25, 0.3) is 0 Å². The Kier molecular flexibility index (Phi) is 11.2. The van der Waals surface area contributed by atoms with Gasteiger partial charge in [-0.3, -0.25) is 9.69 Å². The number of hydrogen-bond acceptors (Lipinski definition) is 6. The fourth-order valence-corrected chi connectivity index (χ4v) is 3.19. The molecule has 2 N–H and O–H groups in total. The molecule has 2 heterocycles. The number of nitrogens with zero attached hydrogens (tertiary/aromatic N) is 3. The molecule has 0 unspecified atom stereocenters. The second kappa shape index (κ2) is 13.6. The zero-order valence-electron chi connectivity index (χ0n) is 18.4. The number of likely N-dealkylation sites (N-methyl/N-ethyl adjacent to an activating group) is 1. The van der Waals surface area contributed by atoms with Gasteiger partial charge < -0.3 is 29.7 Å². The summed E-state index contributed by atoms with van der Waals surface area (Å²) in [5.74, 6) is 2.11. The monoisotopic (exact) mass is 547 g/mol. The highest BCUT2D eigenvalue weighted by atomic mass is 127. The molecule has 1 aromatic carbocycles. The predicted molar refractivity (Wildman–Crippen MR) is 131 cm³/mol. The van der Waals surface area contributed by atoms with Crippen LogP contribution < -0.4 is 20.1 Å². The lowest BCUT2D eigenvalue weighted by Crippen LogP contribution is -2.46. The molecule has 0 aliphatic carbocycles. The molecule has 0 radical (unpaired) electrons. The number of aliphatic imine (C=N–C) groups is 1. The van der Waals surface area contributed by atoms with E-state index in [9.17, 15) is 4.79 Å². The summed E-state index contributed by atoms with van der Waals surface area (Å²) in [7, 11) is 3.48. The molecule has 0 atom stereocenters. The Balaban J connectivity index is 0.00000341. The van der Waals surface area contributed by atoms with Crippen LogP contribution >= 0.6 is 24.0 Å². The van der Waals surface area contributed by atoms with Crippen molar-refractivity contribution in [3.05, 3.63) is 23.8 Å². The van der Waals surface area contributed by atoms with E-state index in [-0.39, 0.29) is 36.4 Å². The van der Waals surface area contributed by atoms with E-state index in [0.29, 0.717) is 25.7 Å². The maximum Gasteiger partial charge on any atom is 0.241 e. The summed E-state index contributed by atoms with van der Waals surface area (Å²) in [5, 5.41) is 6.47. The highest BCUT2D eigenvalue weighted by molar-refractivity contribution is 14.0. The number of ether oxygens (including phenoxy) is 3. The molecule has 1 aromatic rings. The molecule has 2 aliphatic rings. The lowest BCUT2D eigenvalue weighted by atomic mass is 10.2. The Bertz CT molecular complexity index is 726. The topological polar surface area (TPSA) is 87.7 Å². The summed E-state index contributed by atoms with van der Waals surface area (Å²) in [6, 6.07) is 5.86. The van der Waals surface area contributed by atoms with Gasteiger partial charge in [0.2, 0.25) is 5.91 Å². The number of guanidine groups is 1. The molecular weight excluding hydrogens is 513 g/mol. The number of carbonyl (C=O) groups excluding carboxylic acids is 1. The number of fused-ring (bicyclic) bond motifs is 1. The molecule has 0 saturated carbocycles. The van der Waals surface area contributed by atoms with Gasteiger partial charge in [-0.05, 0) is 6.07 Å². The third-order valence-electron chi connectivity index (χ3n) is 4.99. The van der Waals surface area contributed by atoms with E-state index in [1.54, 1.807) is 19.0 Å². The Hall–Kier alpha value is -1.79. The van der Waals surface area contributed by atoms with E-state index >= 15 is 0 Å². The van der Waals surface area contributed by atoms with Crippen LogP contribution in [0.2, 0.25) is 0 Å². The van der Waals surface area contributed by atoms with Gasteiger partial charge in [-0.2, -0.15) is 0 Å². The van der Waals surface area contributed by atoms with E-state index in [4.69, 9.17) is 19.2 Å². The molecule has 2 aliphatic heterocycles. The quantitative estimate of drug-likeness (QED) is 0.298. The lowest BCUT2D eigenvalue weighted by molar-refractivity contribution is -0.127. The molecule has 10 heteroatoms. The first-order valence-corrected chi connectivity index (χ1v) is 10.5. The van der Waals surface area contributed by atoms with Crippen molar-refractivity contribution < 1.29 is 19.0 Å². The Morgan fingerprint density at radius 2 is 1.90 bits per heavy atom. The number of para-hydroxylation sites is 1. The van der Waals surface area contributed by atoms with E-state index in [1.807, 2.05) is 18.2 Å². The van der Waals surface area contributed by atoms with Crippen molar-refractivity contribution in [1.29, 1.82) is 0 Å². The Morgan fingerprint density at radius 3 is 2.68 bits per heavy atom. The first kappa shape index (κ1) is 25.5. The van der Waals surface area contributed by atoms with Gasteiger partial charge in [0.1, 0.15) is 0 Å². The van der Waals surface area contributed by atoms with Crippen molar-refractivity contribution in [2.24, 2.45) is 4.99 Å². The number of benzene rings is 1. The smallest absolute Gasteiger partial charge is 0.241 e. The van der Waals surface area contributed by atoms with Gasteiger partial charge in [0, 0.05) is 52.3 Å². The molecule has 0 spiro atoms. The summed E-state index contributed by atoms with van der Waals surface area (Å²) >= 11 is 0. The fourth-order valence-electron chi connectivity index (χ4n) is 3.19. The van der Waals surface area contributed by atoms with Crippen LogP contribution in [0.4, 0.5) is 0 Å². The number of carbonyl (C=O) groups is 1. The van der Waals surface area contributed by atoms with E-state index in [0.717, 1.165) is 62.9 Å². The first-order chi connectivity index (χ1) is 14.6. The van der Waals surface area contributed by atoms with Crippen molar-refractivity contribution in [3.63, 3.8) is 0 Å². The number of rotatable bonds is 7. The van der Waals surface area contributed by atoms with Gasteiger partial charge in [-0.25, -0.2) is 4.99 Å². The zero-order chi connectivity index (χ0) is 21.2. The van der Waals surface area contributed by atoms with Crippen LogP contribution in [0.1, 0.15) is 12.0 Å². The minimum atomic E-state index is -0.0111. The molecule has 1 fully saturated rings. The zero-order valence-corrected chi connectivity index (χ0v) is 20.7. The van der Waals surface area contributed by atoms with Crippen molar-refractivity contribution in [2.45, 2.75) is 13.0 Å². The van der Waals surface area contributed by atoms with Crippen LogP contribution in [0.15, 0.2) is 23.2 Å². The minimum absolute atomic E-state index is 0. The highest BCUT2D eigenvalue weighted by Crippen LogP contribution is 2.33. The second-order valence-corrected chi connectivity index (χ2v) is 7.48. The number of amides is 1. The second-order valence-electron chi connectivity index (χ2n) is 7.48. The molecule has 31 heavy (non-hydrogen) atoms. The van der Waals surface area contributed by atoms with Crippen LogP contribution in [-0.4, -0.2) is 94.9 Å². The van der Waals surface area contributed by atoms with Crippen molar-refractivity contribution in [2.75, 3.05) is 73.2 Å². The van der Waals surface area contributed by atoms with E-state index in [1.165, 1.54) is 0 Å². The van der Waals surface area contributed by atoms with Gasteiger partial charge in [0.05, 0.1) is 39.5 Å². The normalized spacial score (nSPS) is 16.6. The Morgan fingerprint density at radius 1 is 1.13 bits per heavy atom. The van der Waals surface area contributed by atoms with E-state index < -0.39 is 0 Å². The van der Waals surface area contributed by atoms with Crippen LogP contribution in [0, 0.1) is 0 Å². The molecule has 1 amide bonds. The average molecular weight is 547 g/mol. The van der Waals surface area contributed by atoms with Gasteiger partial charge >= 0.3 is 0 Å². The number of morpholine rings is 1. The third kappa shape index (κ3) is 8.34. The SMILES string of the molecule is CN(C)C(=O)CNC(=NCc1cccc2c1OCCCO2)NCCN1CCOCC1.I. The van der Waals surface area contributed by atoms with E-state index in [2.05, 4.69) is 15.5 Å². The lowest BCUT2D eigenvalue weighted by Gasteiger charge is -2.26. The van der Waals surface area contributed by atoms with Crippen molar-refractivity contribution in [1.82, 2.24) is 20.4 Å². The molecule has 0 bridgehead atoms. The predicted octanol–water partition coefficient (Wildman–Crippen LogP) is 0.922. The van der Waals surface area contributed by atoms with Crippen LogP contribution in [0.5, 0.6) is 11.5 Å². The summed E-state index contributed by atoms with van der Waals surface area (Å²) in [4.78, 5) is 20.6. The molecule has 1 saturated heterocycles. The highest BCUT2D eigenvalue weighted by Gasteiger charge is 2.15. The third-order valence-corrected chi connectivity index (χ3v) is 4.99. The maximum absolute atomic E-state index is 12.0. The number of hydrogen-bond donors (Lipinski definition) is 2. The van der Waals surface area contributed by atoms with Gasteiger partial charge in [-0.15, -0.1) is 24.0 Å². The Labute approximate surface area is 201 Å². The van der Waals surface area contributed by atoms with Crippen molar-refractivity contribution in [3.8, 4) is 11.5 Å². The minimum Gasteiger partial charge on any atom is -0.490 e. The average Bonchev–Trinajstić information content (AvgIpc) is 3.01. The van der Waals surface area contributed by atoms with Crippen molar-refractivity contribution >= 4 is 35.8 Å². The molecule has 3 rings (SSSR count). The fraction of sp³-hybridized carbons (Fsp3) is 0.619. The summed E-state index contributed by atoms with van der Waals surface area (Å²) in [6.45, 7) is 6.95. The van der Waals surface area contributed by atoms with Gasteiger partial charge in [0.15, 0.2) is 17.5 Å². The molecule has 9 nitrogen and oxygen atoms in total. The summed E-state index contributed by atoms with van der Waals surface area (Å²) < 4.78 is 17.0. The number of halogens is 1. The number of nitrogens with one attached hydrogen (secondary N) is 2. The van der Waals surface area contributed by atoms with Crippen LogP contribution in [-0.2, 0) is 16.1 Å². The van der Waals surface area contributed by atoms with Gasteiger partial charge in [0.25, 0.3) is 0 Å².